The first kappa shape index (κ1) is 22.8. The first-order valence-corrected chi connectivity index (χ1v) is 11.6. The van der Waals surface area contributed by atoms with Crippen molar-refractivity contribution in [3.05, 3.63) is 53.9 Å². The quantitative estimate of drug-likeness (QED) is 0.481. The number of hydrogen-bond donors (Lipinski definition) is 1. The molecule has 1 amide bonds. The number of amides is 1. The van der Waals surface area contributed by atoms with Crippen LogP contribution in [-0.2, 0) is 27.1 Å². The molecule has 0 spiro atoms. The van der Waals surface area contributed by atoms with Crippen LogP contribution in [0.1, 0.15) is 11.3 Å². The third-order valence-electron chi connectivity index (χ3n) is 4.90. The number of nitrogens with one attached hydrogen (secondary N) is 1. The van der Waals surface area contributed by atoms with E-state index in [0.29, 0.717) is 44.4 Å². The topological polar surface area (TPSA) is 111 Å². The molecule has 0 atom stereocenters. The summed E-state index contributed by atoms with van der Waals surface area (Å²) < 4.78 is 31.5. The number of carbonyl (C=O) groups is 1. The van der Waals surface area contributed by atoms with Crippen LogP contribution in [0, 0.1) is 0 Å². The number of guanidine groups is 1. The highest BCUT2D eigenvalue weighted by molar-refractivity contribution is 7.88. The SMILES string of the molecule is CN(C)C(=O)CNC(=NCc1ccccc1)N1CCN(S(=O)(=O)Cc2ccon2)CC1. The maximum atomic E-state index is 12.7. The number of carbonyl (C=O) groups excluding carboxylic acids is 1. The maximum absolute atomic E-state index is 12.7. The molecule has 1 saturated heterocycles. The average Bonchev–Trinajstić information content (AvgIpc) is 3.26. The van der Waals surface area contributed by atoms with Gasteiger partial charge in [0.2, 0.25) is 15.9 Å². The van der Waals surface area contributed by atoms with Gasteiger partial charge in [-0.1, -0.05) is 35.5 Å². The molecule has 10 nitrogen and oxygen atoms in total. The molecule has 1 N–H and O–H groups in total. The summed E-state index contributed by atoms with van der Waals surface area (Å²) in [5, 5.41) is 6.82. The number of sulfonamides is 1. The van der Waals surface area contributed by atoms with Gasteiger partial charge in [-0.3, -0.25) is 4.79 Å². The van der Waals surface area contributed by atoms with E-state index in [1.165, 1.54) is 15.5 Å². The van der Waals surface area contributed by atoms with Gasteiger partial charge in [-0.15, -0.1) is 0 Å². The van der Waals surface area contributed by atoms with Gasteiger partial charge in [-0.05, 0) is 5.56 Å². The number of nitrogens with zero attached hydrogens (tertiary/aromatic N) is 5. The second kappa shape index (κ2) is 10.4. The maximum Gasteiger partial charge on any atom is 0.241 e. The second-order valence-corrected chi connectivity index (χ2v) is 9.37. The summed E-state index contributed by atoms with van der Waals surface area (Å²) >= 11 is 0. The zero-order valence-electron chi connectivity index (χ0n) is 17.8. The van der Waals surface area contributed by atoms with Crippen LogP contribution >= 0.6 is 0 Å². The standard InChI is InChI=1S/C20H28N6O4S/c1-24(2)19(27)15-22-20(21-14-17-6-4-3-5-7-17)25-9-11-26(12-10-25)31(28,29)16-18-8-13-30-23-18/h3-8,13H,9-12,14-16H2,1-2H3,(H,21,22). The van der Waals surface area contributed by atoms with Crippen LogP contribution in [0.3, 0.4) is 0 Å². The fourth-order valence-corrected chi connectivity index (χ4v) is 4.52. The highest BCUT2D eigenvalue weighted by Crippen LogP contribution is 2.13. The molecule has 0 aliphatic carbocycles. The Labute approximate surface area is 182 Å². The van der Waals surface area contributed by atoms with Crippen LogP contribution in [0.5, 0.6) is 0 Å². The van der Waals surface area contributed by atoms with Gasteiger partial charge in [0.15, 0.2) is 5.96 Å². The van der Waals surface area contributed by atoms with Crippen molar-refractivity contribution in [3.63, 3.8) is 0 Å². The van der Waals surface area contributed by atoms with Crippen LogP contribution in [0.4, 0.5) is 0 Å². The van der Waals surface area contributed by atoms with E-state index in [0.717, 1.165) is 5.56 Å². The molecule has 1 aromatic carbocycles. The molecular weight excluding hydrogens is 420 g/mol. The highest BCUT2D eigenvalue weighted by atomic mass is 32.2. The molecule has 0 radical (unpaired) electrons. The fraction of sp³-hybridized carbons (Fsp3) is 0.450. The number of aliphatic imine (C=N–C) groups is 1. The van der Waals surface area contributed by atoms with Crippen molar-refractivity contribution in [1.82, 2.24) is 24.6 Å². The molecule has 31 heavy (non-hydrogen) atoms. The van der Waals surface area contributed by atoms with E-state index in [9.17, 15) is 13.2 Å². The number of likely N-dealkylation sites (N-methyl/N-ethyl adjacent to an activating group) is 1. The second-order valence-electron chi connectivity index (χ2n) is 7.40. The molecule has 168 valence electrons. The summed E-state index contributed by atoms with van der Waals surface area (Å²) in [6.45, 7) is 2.17. The predicted molar refractivity (Wildman–Crippen MR) is 117 cm³/mol. The molecule has 0 bridgehead atoms. The van der Waals surface area contributed by atoms with E-state index in [1.54, 1.807) is 20.2 Å². The third-order valence-corrected chi connectivity index (χ3v) is 6.72. The molecule has 0 unspecified atom stereocenters. The Balaban J connectivity index is 1.64. The first-order chi connectivity index (χ1) is 14.8. The number of piperazine rings is 1. The third kappa shape index (κ3) is 6.53. The van der Waals surface area contributed by atoms with Crippen molar-refractivity contribution in [3.8, 4) is 0 Å². The largest absolute Gasteiger partial charge is 0.364 e. The fourth-order valence-electron chi connectivity index (χ4n) is 3.10. The minimum absolute atomic E-state index is 0.0683. The minimum atomic E-state index is -3.48. The van der Waals surface area contributed by atoms with Crippen LogP contribution in [-0.4, -0.2) is 86.4 Å². The number of hydrogen-bond acceptors (Lipinski definition) is 6. The van der Waals surface area contributed by atoms with E-state index in [4.69, 9.17) is 4.52 Å². The molecule has 1 aromatic heterocycles. The lowest BCUT2D eigenvalue weighted by Crippen LogP contribution is -2.54. The smallest absolute Gasteiger partial charge is 0.241 e. The Kier molecular flexibility index (Phi) is 7.64. The summed E-state index contributed by atoms with van der Waals surface area (Å²) in [5.41, 5.74) is 1.44. The highest BCUT2D eigenvalue weighted by Gasteiger charge is 2.29. The monoisotopic (exact) mass is 448 g/mol. The Morgan fingerprint density at radius 2 is 1.87 bits per heavy atom. The average molecular weight is 449 g/mol. The molecule has 11 heteroatoms. The van der Waals surface area contributed by atoms with Gasteiger partial charge in [0.05, 0.1) is 18.8 Å². The molecule has 1 aliphatic rings. The van der Waals surface area contributed by atoms with Crippen LogP contribution < -0.4 is 5.32 Å². The lowest BCUT2D eigenvalue weighted by molar-refractivity contribution is -0.127. The lowest BCUT2D eigenvalue weighted by atomic mass is 10.2. The molecule has 0 saturated carbocycles. The van der Waals surface area contributed by atoms with E-state index in [-0.39, 0.29) is 18.2 Å². The molecule has 2 aromatic rings. The zero-order chi connectivity index (χ0) is 22.3. The van der Waals surface area contributed by atoms with Gasteiger partial charge in [0.1, 0.15) is 12.0 Å². The summed E-state index contributed by atoms with van der Waals surface area (Å²) in [6, 6.07) is 11.4. The van der Waals surface area contributed by atoms with Crippen molar-refractivity contribution < 1.29 is 17.7 Å². The summed E-state index contributed by atoms with van der Waals surface area (Å²) in [6.07, 6.45) is 1.36. The Bertz CT molecular complexity index is 968. The molecule has 1 aliphatic heterocycles. The Morgan fingerprint density at radius 3 is 2.48 bits per heavy atom. The number of aromatic nitrogens is 1. The van der Waals surface area contributed by atoms with E-state index in [1.807, 2.05) is 35.2 Å². The summed E-state index contributed by atoms with van der Waals surface area (Å²) in [5.74, 6) is 0.336. The van der Waals surface area contributed by atoms with Crippen molar-refractivity contribution in [2.75, 3.05) is 46.8 Å². The van der Waals surface area contributed by atoms with Gasteiger partial charge < -0.3 is 19.6 Å². The molecule has 3 rings (SSSR count). The van der Waals surface area contributed by atoms with Crippen molar-refractivity contribution in [2.45, 2.75) is 12.3 Å². The van der Waals surface area contributed by atoms with Crippen molar-refractivity contribution in [2.24, 2.45) is 4.99 Å². The van der Waals surface area contributed by atoms with Gasteiger partial charge in [0.25, 0.3) is 0 Å². The van der Waals surface area contributed by atoms with E-state index < -0.39 is 10.0 Å². The Morgan fingerprint density at radius 1 is 1.16 bits per heavy atom. The van der Waals surface area contributed by atoms with Crippen molar-refractivity contribution >= 4 is 21.9 Å². The Hall–Kier alpha value is -2.92. The van der Waals surface area contributed by atoms with Gasteiger partial charge in [-0.25, -0.2) is 13.4 Å². The molecule has 2 heterocycles. The van der Waals surface area contributed by atoms with E-state index >= 15 is 0 Å². The normalized spacial score (nSPS) is 15.7. The van der Waals surface area contributed by atoms with E-state index in [2.05, 4.69) is 15.5 Å². The van der Waals surface area contributed by atoms with Crippen LogP contribution in [0.15, 0.2) is 52.2 Å². The van der Waals surface area contributed by atoms with Gasteiger partial charge >= 0.3 is 0 Å². The zero-order valence-corrected chi connectivity index (χ0v) is 18.6. The lowest BCUT2D eigenvalue weighted by Gasteiger charge is -2.35. The predicted octanol–water partition coefficient (Wildman–Crippen LogP) is 0.356. The van der Waals surface area contributed by atoms with Crippen molar-refractivity contribution in [1.29, 1.82) is 0 Å². The first-order valence-electron chi connectivity index (χ1n) is 9.99. The van der Waals surface area contributed by atoms with Gasteiger partial charge in [-0.2, -0.15) is 4.31 Å². The van der Waals surface area contributed by atoms with Crippen LogP contribution in [0.2, 0.25) is 0 Å². The minimum Gasteiger partial charge on any atom is -0.364 e. The molecule has 1 fully saturated rings. The number of benzene rings is 1. The molecular formula is C20H28N6O4S. The number of rotatable bonds is 7. The summed E-state index contributed by atoms with van der Waals surface area (Å²) in [4.78, 5) is 20.2. The summed E-state index contributed by atoms with van der Waals surface area (Å²) in [7, 11) is -0.0891. The van der Waals surface area contributed by atoms with Gasteiger partial charge in [0, 0.05) is 46.3 Å². The van der Waals surface area contributed by atoms with Crippen LogP contribution in [0.25, 0.3) is 0 Å².